The highest BCUT2D eigenvalue weighted by atomic mass is 14.9. The van der Waals surface area contributed by atoms with Crippen molar-refractivity contribution in [3.8, 4) is 0 Å². The van der Waals surface area contributed by atoms with Crippen LogP contribution in [-0.2, 0) is 0 Å². The molecule has 0 aromatic heterocycles. The van der Waals surface area contributed by atoms with Crippen molar-refractivity contribution in [1.29, 1.82) is 0 Å². The summed E-state index contributed by atoms with van der Waals surface area (Å²) in [7, 11) is 0. The van der Waals surface area contributed by atoms with Crippen molar-refractivity contribution in [2.45, 2.75) is 45.4 Å². The van der Waals surface area contributed by atoms with Gasteiger partial charge in [0.2, 0.25) is 0 Å². The molecule has 0 amide bonds. The van der Waals surface area contributed by atoms with Gasteiger partial charge in [-0.25, -0.2) is 0 Å². The summed E-state index contributed by atoms with van der Waals surface area (Å²) >= 11 is 0. The van der Waals surface area contributed by atoms with Gasteiger partial charge in [0.05, 0.1) is 0 Å². The smallest absolute Gasteiger partial charge is 0.0375 e. The van der Waals surface area contributed by atoms with E-state index in [-0.39, 0.29) is 0 Å². The fourth-order valence-electron chi connectivity index (χ4n) is 2.63. The molecule has 1 aromatic carbocycles. The first kappa shape index (κ1) is 11.5. The van der Waals surface area contributed by atoms with E-state index in [0.717, 1.165) is 12.5 Å². The SMILES string of the molecule is CC(C)c1ccccc1NCC1CCCC1. The molecular formula is C15H23N. The molecule has 0 spiro atoms. The third-order valence-electron chi connectivity index (χ3n) is 3.64. The van der Waals surface area contributed by atoms with Crippen LogP contribution in [0, 0.1) is 5.92 Å². The van der Waals surface area contributed by atoms with Crippen LogP contribution in [0.1, 0.15) is 51.0 Å². The highest BCUT2D eigenvalue weighted by molar-refractivity contribution is 5.52. The Kier molecular flexibility index (Phi) is 3.87. The summed E-state index contributed by atoms with van der Waals surface area (Å²) in [5.41, 5.74) is 2.78. The second kappa shape index (κ2) is 5.38. The standard InChI is InChI=1S/C15H23N/c1-12(2)14-9-5-6-10-15(14)16-11-13-7-3-4-8-13/h5-6,9-10,12-13,16H,3-4,7-8,11H2,1-2H3. The van der Waals surface area contributed by atoms with Crippen molar-refractivity contribution < 1.29 is 0 Å². The Hall–Kier alpha value is -0.980. The van der Waals surface area contributed by atoms with Gasteiger partial charge in [0.25, 0.3) is 0 Å². The minimum Gasteiger partial charge on any atom is -0.385 e. The number of hydrogen-bond acceptors (Lipinski definition) is 1. The first-order chi connectivity index (χ1) is 7.77. The largest absolute Gasteiger partial charge is 0.385 e. The molecule has 1 aliphatic rings. The minimum absolute atomic E-state index is 0.604. The molecule has 0 aliphatic heterocycles. The lowest BCUT2D eigenvalue weighted by Crippen LogP contribution is -2.12. The van der Waals surface area contributed by atoms with Gasteiger partial charge >= 0.3 is 0 Å². The van der Waals surface area contributed by atoms with Crippen LogP contribution in [0.4, 0.5) is 5.69 Å². The third kappa shape index (κ3) is 2.78. The number of nitrogens with one attached hydrogen (secondary N) is 1. The maximum atomic E-state index is 3.64. The van der Waals surface area contributed by atoms with Gasteiger partial charge in [0.15, 0.2) is 0 Å². The monoisotopic (exact) mass is 217 g/mol. The second-order valence-electron chi connectivity index (χ2n) is 5.27. The highest BCUT2D eigenvalue weighted by Gasteiger charge is 2.15. The summed E-state index contributed by atoms with van der Waals surface area (Å²) in [4.78, 5) is 0. The van der Waals surface area contributed by atoms with Crippen LogP contribution in [0.5, 0.6) is 0 Å². The molecule has 0 saturated heterocycles. The van der Waals surface area contributed by atoms with E-state index in [1.165, 1.54) is 36.9 Å². The predicted octanol–water partition coefficient (Wildman–Crippen LogP) is 4.41. The summed E-state index contributed by atoms with van der Waals surface area (Å²) in [5.74, 6) is 1.51. The maximum Gasteiger partial charge on any atom is 0.0375 e. The van der Waals surface area contributed by atoms with E-state index in [4.69, 9.17) is 0 Å². The van der Waals surface area contributed by atoms with Crippen molar-refractivity contribution in [1.82, 2.24) is 0 Å². The summed E-state index contributed by atoms with van der Waals surface area (Å²) < 4.78 is 0. The van der Waals surface area contributed by atoms with E-state index in [9.17, 15) is 0 Å². The Bertz CT molecular complexity index is 324. The summed E-state index contributed by atoms with van der Waals surface area (Å²) in [6.07, 6.45) is 5.68. The van der Waals surface area contributed by atoms with Crippen LogP contribution < -0.4 is 5.32 Å². The van der Waals surface area contributed by atoms with Gasteiger partial charge in [0, 0.05) is 12.2 Å². The normalized spacial score (nSPS) is 16.9. The number of hydrogen-bond donors (Lipinski definition) is 1. The molecule has 1 N–H and O–H groups in total. The number of para-hydroxylation sites is 1. The molecule has 16 heavy (non-hydrogen) atoms. The molecule has 1 heteroatoms. The van der Waals surface area contributed by atoms with Gasteiger partial charge in [-0.05, 0) is 36.3 Å². The molecule has 1 aliphatic carbocycles. The fraction of sp³-hybridized carbons (Fsp3) is 0.600. The molecular weight excluding hydrogens is 194 g/mol. The van der Waals surface area contributed by atoms with Gasteiger partial charge < -0.3 is 5.32 Å². The lowest BCUT2D eigenvalue weighted by Gasteiger charge is -2.17. The van der Waals surface area contributed by atoms with Crippen molar-refractivity contribution in [2.24, 2.45) is 5.92 Å². The number of benzene rings is 1. The molecule has 2 rings (SSSR count). The zero-order valence-electron chi connectivity index (χ0n) is 10.5. The van der Waals surface area contributed by atoms with Gasteiger partial charge in [0.1, 0.15) is 0 Å². The van der Waals surface area contributed by atoms with E-state index in [1.807, 2.05) is 0 Å². The van der Waals surface area contributed by atoms with Crippen LogP contribution >= 0.6 is 0 Å². The summed E-state index contributed by atoms with van der Waals surface area (Å²) in [6, 6.07) is 8.71. The van der Waals surface area contributed by atoms with Crippen LogP contribution in [-0.4, -0.2) is 6.54 Å². The lowest BCUT2D eigenvalue weighted by molar-refractivity contribution is 0.579. The molecule has 0 atom stereocenters. The average molecular weight is 217 g/mol. The molecule has 1 saturated carbocycles. The quantitative estimate of drug-likeness (QED) is 0.787. The minimum atomic E-state index is 0.604. The second-order valence-corrected chi connectivity index (χ2v) is 5.27. The van der Waals surface area contributed by atoms with Crippen molar-refractivity contribution in [3.63, 3.8) is 0 Å². The first-order valence-corrected chi connectivity index (χ1v) is 6.60. The van der Waals surface area contributed by atoms with Crippen molar-refractivity contribution in [3.05, 3.63) is 29.8 Å². The van der Waals surface area contributed by atoms with E-state index >= 15 is 0 Å². The molecule has 0 radical (unpaired) electrons. The van der Waals surface area contributed by atoms with E-state index in [1.54, 1.807) is 0 Å². The summed E-state index contributed by atoms with van der Waals surface area (Å²) in [5, 5.41) is 3.64. The molecule has 1 aromatic rings. The Morgan fingerprint density at radius 1 is 1.19 bits per heavy atom. The Labute approximate surface area is 99.3 Å². The molecule has 88 valence electrons. The zero-order chi connectivity index (χ0) is 11.4. The third-order valence-corrected chi connectivity index (χ3v) is 3.64. The molecule has 0 bridgehead atoms. The van der Waals surface area contributed by atoms with Crippen LogP contribution in [0.3, 0.4) is 0 Å². The van der Waals surface area contributed by atoms with Gasteiger partial charge in [-0.3, -0.25) is 0 Å². The summed E-state index contributed by atoms with van der Waals surface area (Å²) in [6.45, 7) is 5.68. The zero-order valence-corrected chi connectivity index (χ0v) is 10.5. The van der Waals surface area contributed by atoms with E-state index in [0.29, 0.717) is 5.92 Å². The van der Waals surface area contributed by atoms with Crippen LogP contribution in [0.25, 0.3) is 0 Å². The van der Waals surface area contributed by atoms with E-state index in [2.05, 4.69) is 43.4 Å². The number of rotatable bonds is 4. The topological polar surface area (TPSA) is 12.0 Å². The maximum absolute atomic E-state index is 3.64. The molecule has 1 nitrogen and oxygen atoms in total. The van der Waals surface area contributed by atoms with Gasteiger partial charge in [-0.2, -0.15) is 0 Å². The first-order valence-electron chi connectivity index (χ1n) is 6.60. The molecule has 0 heterocycles. The Balaban J connectivity index is 1.97. The molecule has 0 unspecified atom stereocenters. The fourth-order valence-corrected chi connectivity index (χ4v) is 2.63. The van der Waals surface area contributed by atoms with Crippen LogP contribution in [0.15, 0.2) is 24.3 Å². The predicted molar refractivity (Wildman–Crippen MR) is 71.0 cm³/mol. The Morgan fingerprint density at radius 2 is 1.88 bits per heavy atom. The van der Waals surface area contributed by atoms with Gasteiger partial charge in [-0.15, -0.1) is 0 Å². The molecule has 1 fully saturated rings. The highest BCUT2D eigenvalue weighted by Crippen LogP contribution is 2.27. The average Bonchev–Trinajstić information content (AvgIpc) is 2.79. The van der Waals surface area contributed by atoms with Crippen molar-refractivity contribution >= 4 is 5.69 Å². The van der Waals surface area contributed by atoms with Gasteiger partial charge in [-0.1, -0.05) is 44.9 Å². The lowest BCUT2D eigenvalue weighted by atomic mass is 10.0. The van der Waals surface area contributed by atoms with Crippen LogP contribution in [0.2, 0.25) is 0 Å². The Morgan fingerprint density at radius 3 is 2.56 bits per heavy atom. The van der Waals surface area contributed by atoms with Crippen molar-refractivity contribution in [2.75, 3.05) is 11.9 Å². The van der Waals surface area contributed by atoms with E-state index < -0.39 is 0 Å². The number of anilines is 1.